The Morgan fingerprint density at radius 1 is 1.05 bits per heavy atom. The predicted octanol–water partition coefficient (Wildman–Crippen LogP) is 1.40. The van der Waals surface area contributed by atoms with Gasteiger partial charge in [-0.05, 0) is 38.6 Å². The second-order valence-electron chi connectivity index (χ2n) is 6.64. The van der Waals surface area contributed by atoms with Crippen LogP contribution in [0.5, 0.6) is 0 Å². The van der Waals surface area contributed by atoms with Gasteiger partial charge < -0.3 is 10.2 Å². The van der Waals surface area contributed by atoms with Crippen LogP contribution in [0.25, 0.3) is 0 Å². The molecule has 1 aromatic rings. The second kappa shape index (κ2) is 5.89. The molecule has 0 radical (unpaired) electrons. The Hall–Kier alpha value is -1.20. The van der Waals surface area contributed by atoms with E-state index in [0.29, 0.717) is 6.04 Å². The first kappa shape index (κ1) is 13.5. The van der Waals surface area contributed by atoms with Gasteiger partial charge in [-0.25, -0.2) is 9.97 Å². The van der Waals surface area contributed by atoms with Gasteiger partial charge in [-0.3, -0.25) is 4.90 Å². The van der Waals surface area contributed by atoms with E-state index in [1.807, 2.05) is 12.4 Å². The molecule has 0 aliphatic carbocycles. The lowest BCUT2D eigenvalue weighted by molar-refractivity contribution is 0.193. The summed E-state index contributed by atoms with van der Waals surface area (Å²) >= 11 is 0. The van der Waals surface area contributed by atoms with E-state index in [1.54, 1.807) is 0 Å². The molecule has 0 spiro atoms. The van der Waals surface area contributed by atoms with Crippen molar-refractivity contribution in [3.8, 4) is 0 Å². The fraction of sp³-hybridized carbons (Fsp3) is 0.750. The quantitative estimate of drug-likeness (QED) is 0.910. The van der Waals surface area contributed by atoms with Crippen LogP contribution in [-0.4, -0.2) is 53.1 Å². The molecule has 5 heteroatoms. The van der Waals surface area contributed by atoms with Crippen LogP contribution in [0.4, 0.5) is 5.95 Å². The summed E-state index contributed by atoms with van der Waals surface area (Å²) in [5.74, 6) is 0.914. The Labute approximate surface area is 126 Å². The van der Waals surface area contributed by atoms with Gasteiger partial charge in [-0.1, -0.05) is 0 Å². The van der Waals surface area contributed by atoms with Gasteiger partial charge in [-0.15, -0.1) is 0 Å². The van der Waals surface area contributed by atoms with Crippen molar-refractivity contribution in [1.29, 1.82) is 0 Å². The molecule has 4 heterocycles. The van der Waals surface area contributed by atoms with Crippen molar-refractivity contribution in [2.45, 2.75) is 50.7 Å². The topological polar surface area (TPSA) is 44.3 Å². The fourth-order valence-corrected chi connectivity index (χ4v) is 4.06. The van der Waals surface area contributed by atoms with E-state index in [4.69, 9.17) is 0 Å². The van der Waals surface area contributed by atoms with Crippen LogP contribution in [0.3, 0.4) is 0 Å². The van der Waals surface area contributed by atoms with Gasteiger partial charge in [0.15, 0.2) is 0 Å². The summed E-state index contributed by atoms with van der Waals surface area (Å²) in [7, 11) is 0. The largest absolute Gasteiger partial charge is 0.341 e. The molecule has 4 rings (SSSR count). The van der Waals surface area contributed by atoms with Gasteiger partial charge in [0, 0.05) is 56.2 Å². The van der Waals surface area contributed by atoms with Crippen molar-refractivity contribution < 1.29 is 0 Å². The predicted molar refractivity (Wildman–Crippen MR) is 83.3 cm³/mol. The third-order valence-electron chi connectivity index (χ3n) is 5.25. The summed E-state index contributed by atoms with van der Waals surface area (Å²) < 4.78 is 0. The van der Waals surface area contributed by atoms with E-state index in [2.05, 4.69) is 25.1 Å². The molecule has 3 saturated heterocycles. The Kier molecular flexibility index (Phi) is 3.78. The van der Waals surface area contributed by atoms with Crippen LogP contribution in [0, 0.1) is 0 Å². The zero-order valence-electron chi connectivity index (χ0n) is 12.7. The molecule has 114 valence electrons. The summed E-state index contributed by atoms with van der Waals surface area (Å²) in [4.78, 5) is 14.2. The summed E-state index contributed by atoms with van der Waals surface area (Å²) in [5.41, 5.74) is 1.26. The Morgan fingerprint density at radius 3 is 2.62 bits per heavy atom. The van der Waals surface area contributed by atoms with Crippen LogP contribution >= 0.6 is 0 Å². The summed E-state index contributed by atoms with van der Waals surface area (Å²) in [5, 5.41) is 3.56. The lowest BCUT2D eigenvalue weighted by Gasteiger charge is -2.27. The van der Waals surface area contributed by atoms with Gasteiger partial charge in [-0.2, -0.15) is 0 Å². The molecule has 2 bridgehead atoms. The molecule has 0 aromatic carbocycles. The van der Waals surface area contributed by atoms with Crippen molar-refractivity contribution in [1.82, 2.24) is 20.2 Å². The van der Waals surface area contributed by atoms with E-state index >= 15 is 0 Å². The third-order valence-corrected chi connectivity index (χ3v) is 5.25. The number of aromatic nitrogens is 2. The zero-order chi connectivity index (χ0) is 14.1. The SMILES string of the molecule is c1nc(N2CCCC2)ncc1CN1[C@H]2CCNC[C@@H]1CC2. The van der Waals surface area contributed by atoms with Gasteiger partial charge in [0.1, 0.15) is 0 Å². The number of nitrogens with one attached hydrogen (secondary N) is 1. The molecule has 5 nitrogen and oxygen atoms in total. The molecule has 3 fully saturated rings. The number of anilines is 1. The maximum atomic E-state index is 4.59. The van der Waals surface area contributed by atoms with Gasteiger partial charge in [0.25, 0.3) is 0 Å². The van der Waals surface area contributed by atoms with Gasteiger partial charge in [0.05, 0.1) is 0 Å². The maximum absolute atomic E-state index is 4.59. The molecule has 21 heavy (non-hydrogen) atoms. The molecule has 3 aliphatic heterocycles. The number of hydrogen-bond donors (Lipinski definition) is 1. The Balaban J connectivity index is 1.44. The smallest absolute Gasteiger partial charge is 0.225 e. The number of hydrogen-bond acceptors (Lipinski definition) is 5. The first-order valence-corrected chi connectivity index (χ1v) is 8.42. The molecule has 0 saturated carbocycles. The maximum Gasteiger partial charge on any atom is 0.225 e. The minimum absolute atomic E-state index is 0.704. The second-order valence-corrected chi connectivity index (χ2v) is 6.64. The standard InChI is InChI=1S/C16H25N5/c1-2-8-20(7-1)16-18-9-13(10-19-16)12-21-14-3-4-15(21)11-17-6-5-14/h9-10,14-15,17H,1-8,11-12H2/t14-,15+/m1/s1. The monoisotopic (exact) mass is 287 g/mol. The van der Waals surface area contributed by atoms with Crippen LogP contribution in [-0.2, 0) is 6.54 Å². The van der Waals surface area contributed by atoms with Gasteiger partial charge >= 0.3 is 0 Å². The molecular weight excluding hydrogens is 262 g/mol. The van der Waals surface area contributed by atoms with E-state index in [-0.39, 0.29) is 0 Å². The minimum atomic E-state index is 0.704. The summed E-state index contributed by atoms with van der Waals surface area (Å²) in [6.07, 6.45) is 10.6. The molecule has 1 aromatic heterocycles. The van der Waals surface area contributed by atoms with Gasteiger partial charge in [0.2, 0.25) is 5.95 Å². The lowest BCUT2D eigenvalue weighted by Crippen LogP contribution is -2.37. The average molecular weight is 287 g/mol. The highest BCUT2D eigenvalue weighted by atomic mass is 15.3. The molecule has 3 aliphatic rings. The molecule has 2 atom stereocenters. The molecular formula is C16H25N5. The fourth-order valence-electron chi connectivity index (χ4n) is 4.06. The average Bonchev–Trinajstić information content (AvgIpc) is 3.09. The van der Waals surface area contributed by atoms with Crippen molar-refractivity contribution in [3.63, 3.8) is 0 Å². The number of fused-ring (bicyclic) bond motifs is 2. The Bertz CT molecular complexity index is 454. The van der Waals surface area contributed by atoms with Crippen molar-refractivity contribution in [2.75, 3.05) is 31.1 Å². The molecule has 0 amide bonds. The van der Waals surface area contributed by atoms with Crippen molar-refractivity contribution in [2.24, 2.45) is 0 Å². The highest BCUT2D eigenvalue weighted by Crippen LogP contribution is 2.29. The summed E-state index contributed by atoms with van der Waals surface area (Å²) in [6.45, 7) is 5.55. The van der Waals surface area contributed by atoms with E-state index in [9.17, 15) is 0 Å². The number of rotatable bonds is 3. The van der Waals surface area contributed by atoms with Crippen LogP contribution in [0.15, 0.2) is 12.4 Å². The van der Waals surface area contributed by atoms with Crippen LogP contribution in [0.1, 0.15) is 37.7 Å². The molecule has 1 N–H and O–H groups in total. The highest BCUT2D eigenvalue weighted by molar-refractivity contribution is 5.31. The third kappa shape index (κ3) is 2.77. The zero-order valence-corrected chi connectivity index (χ0v) is 12.7. The van der Waals surface area contributed by atoms with Crippen LogP contribution < -0.4 is 10.2 Å². The first-order chi connectivity index (χ1) is 10.4. The lowest BCUT2D eigenvalue weighted by atomic mass is 10.1. The highest BCUT2D eigenvalue weighted by Gasteiger charge is 2.34. The van der Waals surface area contributed by atoms with Crippen molar-refractivity contribution in [3.05, 3.63) is 18.0 Å². The van der Waals surface area contributed by atoms with E-state index in [1.165, 1.54) is 44.2 Å². The number of nitrogens with zero attached hydrogens (tertiary/aromatic N) is 4. The Morgan fingerprint density at radius 2 is 1.81 bits per heavy atom. The van der Waals surface area contributed by atoms with E-state index in [0.717, 1.165) is 38.2 Å². The van der Waals surface area contributed by atoms with Crippen molar-refractivity contribution >= 4 is 5.95 Å². The minimum Gasteiger partial charge on any atom is -0.341 e. The first-order valence-electron chi connectivity index (χ1n) is 8.42. The normalized spacial score (nSPS) is 29.8. The van der Waals surface area contributed by atoms with E-state index < -0.39 is 0 Å². The molecule has 0 unspecified atom stereocenters. The van der Waals surface area contributed by atoms with Crippen LogP contribution in [0.2, 0.25) is 0 Å². The summed E-state index contributed by atoms with van der Waals surface area (Å²) in [6, 6.07) is 1.46.